The Hall–Kier alpha value is -2.20. The van der Waals surface area contributed by atoms with Crippen LogP contribution in [0.5, 0.6) is 0 Å². The second kappa shape index (κ2) is 6.99. The predicted octanol–water partition coefficient (Wildman–Crippen LogP) is 2.70. The monoisotopic (exact) mass is 287 g/mol. The fraction of sp³-hybridized carbons (Fsp3) is 0.235. The Bertz CT molecular complexity index is 613. The third-order valence-electron chi connectivity index (χ3n) is 3.38. The number of benzene rings is 2. The molecule has 2 N–H and O–H groups in total. The van der Waals surface area contributed by atoms with E-state index in [4.69, 9.17) is 5.11 Å². The number of rotatable bonds is 5. The van der Waals surface area contributed by atoms with Gasteiger partial charge in [-0.2, -0.15) is 0 Å². The van der Waals surface area contributed by atoms with Crippen molar-refractivity contribution in [2.24, 2.45) is 0 Å². The fourth-order valence-corrected chi connectivity index (χ4v) is 2.14. The van der Waals surface area contributed by atoms with Gasteiger partial charge in [-0.3, -0.25) is 4.79 Å². The zero-order valence-electron chi connectivity index (χ0n) is 11.8. The number of halogens is 1. The van der Waals surface area contributed by atoms with Gasteiger partial charge in [0.25, 0.3) is 0 Å². The maximum absolute atomic E-state index is 14.2. The lowest BCUT2D eigenvalue weighted by atomic mass is 9.96. The second-order valence-corrected chi connectivity index (χ2v) is 4.84. The number of aliphatic hydroxyl groups excluding tert-OH is 1. The molecular weight excluding hydrogens is 269 g/mol. The Morgan fingerprint density at radius 2 is 1.95 bits per heavy atom. The Morgan fingerprint density at radius 1 is 1.24 bits per heavy atom. The quantitative estimate of drug-likeness (QED) is 0.888. The van der Waals surface area contributed by atoms with Crippen molar-refractivity contribution in [2.45, 2.75) is 12.8 Å². The molecule has 0 aliphatic carbocycles. The molecule has 110 valence electrons. The topological polar surface area (TPSA) is 49.3 Å². The van der Waals surface area contributed by atoms with Crippen molar-refractivity contribution in [2.75, 3.05) is 13.2 Å². The number of carbonyl (C=O) groups is 1. The van der Waals surface area contributed by atoms with Crippen molar-refractivity contribution in [3.05, 3.63) is 59.9 Å². The first-order valence-electron chi connectivity index (χ1n) is 6.87. The van der Waals surface area contributed by atoms with Crippen molar-refractivity contribution in [1.29, 1.82) is 0 Å². The molecule has 1 amide bonds. The summed E-state index contributed by atoms with van der Waals surface area (Å²) in [5.41, 5.74) is 1.93. The van der Waals surface area contributed by atoms with Gasteiger partial charge in [-0.25, -0.2) is 4.39 Å². The van der Waals surface area contributed by atoms with Crippen LogP contribution in [0.1, 0.15) is 18.4 Å². The first-order valence-corrected chi connectivity index (χ1v) is 6.87. The van der Waals surface area contributed by atoms with E-state index in [9.17, 15) is 9.18 Å². The van der Waals surface area contributed by atoms with E-state index in [1.165, 1.54) is 6.07 Å². The average molecular weight is 287 g/mol. The Labute approximate surface area is 123 Å². The Kier molecular flexibility index (Phi) is 5.06. The molecule has 0 saturated heterocycles. The highest BCUT2D eigenvalue weighted by Crippen LogP contribution is 2.26. The molecule has 2 aromatic carbocycles. The number of nitrogens with one attached hydrogen (secondary N) is 1. The van der Waals surface area contributed by atoms with Crippen LogP contribution in [-0.2, 0) is 4.79 Å². The summed E-state index contributed by atoms with van der Waals surface area (Å²) in [6, 6.07) is 14.1. The van der Waals surface area contributed by atoms with E-state index in [-0.39, 0.29) is 24.9 Å². The first kappa shape index (κ1) is 15.2. The second-order valence-electron chi connectivity index (χ2n) is 4.84. The van der Waals surface area contributed by atoms with Gasteiger partial charge in [0.05, 0.1) is 12.5 Å². The van der Waals surface area contributed by atoms with Crippen molar-refractivity contribution < 1.29 is 14.3 Å². The van der Waals surface area contributed by atoms with E-state index >= 15 is 0 Å². The van der Waals surface area contributed by atoms with E-state index in [2.05, 4.69) is 5.32 Å². The van der Waals surface area contributed by atoms with Crippen LogP contribution in [0.3, 0.4) is 0 Å². The van der Waals surface area contributed by atoms with Crippen LogP contribution in [-0.4, -0.2) is 24.2 Å². The molecule has 0 aliphatic rings. The lowest BCUT2D eigenvalue weighted by Crippen LogP contribution is -2.30. The van der Waals surface area contributed by atoms with Gasteiger partial charge in [0.1, 0.15) is 5.82 Å². The molecule has 0 heterocycles. The summed E-state index contributed by atoms with van der Waals surface area (Å²) >= 11 is 0. The maximum atomic E-state index is 14.2. The number of hydrogen-bond donors (Lipinski definition) is 2. The highest BCUT2D eigenvalue weighted by Gasteiger charge is 2.16. The fourth-order valence-electron chi connectivity index (χ4n) is 2.14. The van der Waals surface area contributed by atoms with E-state index in [0.29, 0.717) is 11.1 Å². The third-order valence-corrected chi connectivity index (χ3v) is 3.38. The minimum Gasteiger partial charge on any atom is -0.395 e. The van der Waals surface area contributed by atoms with Gasteiger partial charge in [0.2, 0.25) is 5.91 Å². The average Bonchev–Trinajstić information content (AvgIpc) is 2.52. The van der Waals surface area contributed by atoms with E-state index < -0.39 is 5.92 Å². The number of amides is 1. The highest BCUT2D eigenvalue weighted by molar-refractivity contribution is 5.83. The van der Waals surface area contributed by atoms with Gasteiger partial charge in [-0.1, -0.05) is 42.5 Å². The minimum absolute atomic E-state index is 0.111. The number of aliphatic hydroxyl groups is 1. The zero-order valence-corrected chi connectivity index (χ0v) is 11.8. The molecule has 1 unspecified atom stereocenters. The van der Waals surface area contributed by atoms with Crippen LogP contribution < -0.4 is 5.32 Å². The smallest absolute Gasteiger partial charge is 0.227 e. The molecule has 0 aliphatic heterocycles. The number of hydrogen-bond acceptors (Lipinski definition) is 2. The van der Waals surface area contributed by atoms with Crippen LogP contribution in [0.4, 0.5) is 4.39 Å². The van der Waals surface area contributed by atoms with Crippen LogP contribution >= 0.6 is 0 Å². The summed E-state index contributed by atoms with van der Waals surface area (Å²) in [6.07, 6.45) is 0. The van der Waals surface area contributed by atoms with Gasteiger partial charge in [-0.15, -0.1) is 0 Å². The van der Waals surface area contributed by atoms with Gasteiger partial charge >= 0.3 is 0 Å². The summed E-state index contributed by atoms with van der Waals surface area (Å²) in [5, 5.41) is 11.3. The Balaban J connectivity index is 2.21. The Morgan fingerprint density at radius 3 is 2.57 bits per heavy atom. The van der Waals surface area contributed by atoms with Gasteiger partial charge in [0.15, 0.2) is 0 Å². The van der Waals surface area contributed by atoms with Crippen LogP contribution in [0.2, 0.25) is 0 Å². The highest BCUT2D eigenvalue weighted by atomic mass is 19.1. The molecule has 2 rings (SSSR count). The largest absolute Gasteiger partial charge is 0.395 e. The summed E-state index contributed by atoms with van der Waals surface area (Å²) in [7, 11) is 0. The molecule has 0 bridgehead atoms. The lowest BCUT2D eigenvalue weighted by Gasteiger charge is -2.13. The molecule has 0 spiro atoms. The minimum atomic E-state index is -0.462. The molecule has 4 heteroatoms. The van der Waals surface area contributed by atoms with Crippen LogP contribution in [0, 0.1) is 5.82 Å². The van der Waals surface area contributed by atoms with Crippen molar-refractivity contribution >= 4 is 5.91 Å². The molecular formula is C17H18FNO2. The van der Waals surface area contributed by atoms with Crippen molar-refractivity contribution in [3.8, 4) is 11.1 Å². The molecule has 21 heavy (non-hydrogen) atoms. The maximum Gasteiger partial charge on any atom is 0.227 e. The van der Waals surface area contributed by atoms with Gasteiger partial charge < -0.3 is 10.4 Å². The predicted molar refractivity (Wildman–Crippen MR) is 80.3 cm³/mol. The first-order chi connectivity index (χ1) is 10.1. The normalized spacial score (nSPS) is 12.0. The van der Waals surface area contributed by atoms with Gasteiger partial charge in [0, 0.05) is 12.1 Å². The van der Waals surface area contributed by atoms with Crippen LogP contribution in [0.15, 0.2) is 48.5 Å². The standard InChI is InChI=1S/C17H18FNO2/c1-12(17(21)19-9-10-20)14-7-8-15(16(18)11-14)13-5-3-2-4-6-13/h2-8,11-12,20H,9-10H2,1H3,(H,19,21). The molecule has 2 aromatic rings. The lowest BCUT2D eigenvalue weighted by molar-refractivity contribution is -0.122. The summed E-state index contributed by atoms with van der Waals surface area (Å²) in [4.78, 5) is 11.8. The molecule has 0 saturated carbocycles. The van der Waals surface area contributed by atoms with E-state index in [0.717, 1.165) is 5.56 Å². The van der Waals surface area contributed by atoms with Crippen LogP contribution in [0.25, 0.3) is 11.1 Å². The third kappa shape index (κ3) is 3.67. The molecule has 0 radical (unpaired) electrons. The SMILES string of the molecule is CC(C(=O)NCCO)c1ccc(-c2ccccc2)c(F)c1. The van der Waals surface area contributed by atoms with Crippen molar-refractivity contribution in [1.82, 2.24) is 5.32 Å². The molecule has 0 aromatic heterocycles. The molecule has 3 nitrogen and oxygen atoms in total. The summed E-state index contributed by atoms with van der Waals surface area (Å²) in [6.45, 7) is 1.80. The zero-order chi connectivity index (χ0) is 15.2. The number of carbonyl (C=O) groups excluding carboxylic acids is 1. The summed E-state index contributed by atoms with van der Waals surface area (Å²) < 4.78 is 14.2. The van der Waals surface area contributed by atoms with Crippen molar-refractivity contribution in [3.63, 3.8) is 0 Å². The van der Waals surface area contributed by atoms with E-state index in [1.807, 2.05) is 30.3 Å². The molecule has 1 atom stereocenters. The summed E-state index contributed by atoms with van der Waals surface area (Å²) in [5.74, 6) is -1.03. The van der Waals surface area contributed by atoms with E-state index in [1.54, 1.807) is 19.1 Å². The van der Waals surface area contributed by atoms with Gasteiger partial charge in [-0.05, 0) is 24.1 Å². The molecule has 0 fully saturated rings.